The third-order valence-corrected chi connectivity index (χ3v) is 3.27. The minimum absolute atomic E-state index is 0.0431. The van der Waals surface area contributed by atoms with E-state index in [9.17, 15) is 21.6 Å². The summed E-state index contributed by atoms with van der Waals surface area (Å²) in [5.74, 6) is 0. The van der Waals surface area contributed by atoms with Gasteiger partial charge in [-0.25, -0.2) is 0 Å². The Kier molecular flexibility index (Phi) is 3.30. The lowest BCUT2D eigenvalue weighted by molar-refractivity contribution is -0.140. The molecule has 0 spiro atoms. The molecule has 0 N–H and O–H groups in total. The molecule has 0 aromatic heterocycles. The summed E-state index contributed by atoms with van der Waals surface area (Å²) >= 11 is 0. The van der Waals surface area contributed by atoms with E-state index in [2.05, 4.69) is 11.3 Å². The minimum Gasteiger partial charge on any atom is -0.264 e. The number of hydrogen-bond acceptors (Lipinski definition) is 3. The van der Waals surface area contributed by atoms with Crippen molar-refractivity contribution in [3.8, 4) is 0 Å². The van der Waals surface area contributed by atoms with Gasteiger partial charge in [0.05, 0.1) is 12.7 Å². The molecule has 0 aliphatic rings. The molecule has 0 heterocycles. The maximum Gasteiger partial charge on any atom is 0.417 e. The van der Waals surface area contributed by atoms with E-state index in [0.29, 0.717) is 6.07 Å². The first-order valence-electron chi connectivity index (χ1n) is 4.05. The fourth-order valence-corrected chi connectivity index (χ4v) is 2.30. The quantitative estimate of drug-likeness (QED) is 0.760. The van der Waals surface area contributed by atoms with Crippen LogP contribution in [0.1, 0.15) is 11.1 Å². The van der Waals surface area contributed by atoms with Crippen molar-refractivity contribution in [2.75, 3.05) is 0 Å². The number of aryl methyl sites for hydroxylation is 1. The third kappa shape index (κ3) is 2.35. The van der Waals surface area contributed by atoms with Crippen molar-refractivity contribution in [3.63, 3.8) is 0 Å². The highest BCUT2D eigenvalue weighted by atomic mass is 32.2. The molecule has 0 amide bonds. The predicted molar refractivity (Wildman–Crippen MR) is 49.8 cm³/mol. The molecule has 0 aliphatic carbocycles. The summed E-state index contributed by atoms with van der Waals surface area (Å²) in [6, 6.07) is 3.06. The number of alkyl halides is 3. The molecular weight excluding hydrogens is 245 g/mol. The average Bonchev–Trinajstić information content (AvgIpc) is 2.15. The van der Waals surface area contributed by atoms with Crippen molar-refractivity contribution in [2.45, 2.75) is 18.0 Å². The minimum atomic E-state index is -4.76. The number of hydrogen-bond donors (Lipinski definition) is 0. The second kappa shape index (κ2) is 4.06. The molecule has 7 heteroatoms. The molecule has 0 bridgehead atoms. The smallest absolute Gasteiger partial charge is 0.264 e. The van der Waals surface area contributed by atoms with E-state index in [1.54, 1.807) is 0 Å². The monoisotopic (exact) mass is 253 g/mol. The van der Waals surface area contributed by atoms with E-state index in [4.69, 9.17) is 0 Å². The van der Waals surface area contributed by atoms with Crippen LogP contribution in [-0.4, -0.2) is 8.42 Å². The van der Waals surface area contributed by atoms with Crippen LogP contribution in [0.5, 0.6) is 0 Å². The number of halogens is 3. The normalized spacial score (nSPS) is 12.8. The van der Waals surface area contributed by atoms with E-state index >= 15 is 0 Å². The van der Waals surface area contributed by atoms with Crippen molar-refractivity contribution in [3.05, 3.63) is 36.4 Å². The molecule has 0 fully saturated rings. The van der Waals surface area contributed by atoms with E-state index in [0.717, 1.165) is 6.07 Å². The average molecular weight is 253 g/mol. The van der Waals surface area contributed by atoms with Gasteiger partial charge in [-0.15, -0.1) is 0 Å². The first kappa shape index (κ1) is 13.0. The maximum absolute atomic E-state index is 12.6. The Bertz CT molecular complexity index is 491. The molecular formula is C9H8F3O3S. The zero-order valence-electron chi connectivity index (χ0n) is 8.21. The molecule has 0 unspecified atom stereocenters. The van der Waals surface area contributed by atoms with Crippen LogP contribution in [0.4, 0.5) is 13.2 Å². The zero-order chi connectivity index (χ0) is 12.6. The molecule has 0 saturated heterocycles. The van der Waals surface area contributed by atoms with Crippen LogP contribution in [0, 0.1) is 14.0 Å². The van der Waals surface area contributed by atoms with Gasteiger partial charge in [0.25, 0.3) is 10.1 Å². The van der Waals surface area contributed by atoms with E-state index in [-0.39, 0.29) is 5.56 Å². The Hall–Kier alpha value is -1.08. The summed E-state index contributed by atoms with van der Waals surface area (Å²) in [6.45, 7) is 1.25. The van der Waals surface area contributed by atoms with Crippen LogP contribution in [-0.2, 0) is 20.5 Å². The van der Waals surface area contributed by atoms with Crippen LogP contribution >= 0.6 is 0 Å². The highest BCUT2D eigenvalue weighted by Crippen LogP contribution is 2.36. The van der Waals surface area contributed by atoms with Crippen molar-refractivity contribution in [1.29, 1.82) is 0 Å². The topological polar surface area (TPSA) is 43.4 Å². The van der Waals surface area contributed by atoms with Crippen LogP contribution in [0.2, 0.25) is 0 Å². The molecule has 89 valence electrons. The fraction of sp³-hybridized carbons (Fsp3) is 0.222. The molecule has 1 aromatic carbocycles. The Labute approximate surface area is 91.0 Å². The van der Waals surface area contributed by atoms with Gasteiger partial charge in [-0.1, -0.05) is 12.1 Å². The standard InChI is InChI=1S/C9H8F3O3S/c1-6-4-3-5-7(9(10,11)12)8(6)16(13,14)15-2/h3-5H,2H2,1H3. The van der Waals surface area contributed by atoms with Gasteiger partial charge in [0.1, 0.15) is 4.90 Å². The molecule has 0 aliphatic heterocycles. The molecule has 1 rings (SSSR count). The largest absolute Gasteiger partial charge is 0.417 e. The second-order valence-electron chi connectivity index (χ2n) is 3.02. The van der Waals surface area contributed by atoms with Gasteiger partial charge in [-0.05, 0) is 18.6 Å². The lowest BCUT2D eigenvalue weighted by Crippen LogP contribution is -2.15. The summed E-state index contributed by atoms with van der Waals surface area (Å²) < 4.78 is 64.1. The van der Waals surface area contributed by atoms with Crippen molar-refractivity contribution in [2.24, 2.45) is 0 Å². The zero-order valence-corrected chi connectivity index (χ0v) is 9.02. The van der Waals surface area contributed by atoms with Gasteiger partial charge in [0.2, 0.25) is 0 Å². The van der Waals surface area contributed by atoms with Crippen LogP contribution in [0.15, 0.2) is 23.1 Å². The Balaban J connectivity index is 3.61. The third-order valence-electron chi connectivity index (χ3n) is 1.92. The summed E-state index contributed by atoms with van der Waals surface area (Å²) in [4.78, 5) is -0.891. The Morgan fingerprint density at radius 1 is 1.31 bits per heavy atom. The predicted octanol–water partition coefficient (Wildman–Crippen LogP) is 2.51. The highest BCUT2D eigenvalue weighted by molar-refractivity contribution is 7.86. The molecule has 1 aromatic rings. The lowest BCUT2D eigenvalue weighted by Gasteiger charge is -2.13. The first-order chi connectivity index (χ1) is 7.20. The molecule has 0 atom stereocenters. The molecule has 1 radical (unpaired) electrons. The van der Waals surface area contributed by atoms with Crippen molar-refractivity contribution in [1.82, 2.24) is 0 Å². The number of benzene rings is 1. The van der Waals surface area contributed by atoms with Gasteiger partial charge >= 0.3 is 6.18 Å². The fourth-order valence-electron chi connectivity index (χ4n) is 1.27. The lowest BCUT2D eigenvalue weighted by atomic mass is 10.1. The Morgan fingerprint density at radius 3 is 2.31 bits per heavy atom. The second-order valence-corrected chi connectivity index (χ2v) is 4.57. The van der Waals surface area contributed by atoms with Gasteiger partial charge < -0.3 is 0 Å². The Morgan fingerprint density at radius 2 is 1.88 bits per heavy atom. The molecule has 0 saturated carbocycles. The van der Waals surface area contributed by atoms with Gasteiger partial charge in [0, 0.05) is 0 Å². The van der Waals surface area contributed by atoms with E-state index in [1.165, 1.54) is 13.0 Å². The summed E-state index contributed by atoms with van der Waals surface area (Å²) in [7, 11) is -1.83. The van der Waals surface area contributed by atoms with Gasteiger partial charge in [0.15, 0.2) is 0 Å². The first-order valence-corrected chi connectivity index (χ1v) is 5.46. The maximum atomic E-state index is 12.6. The van der Waals surface area contributed by atoms with Crippen molar-refractivity contribution >= 4 is 10.1 Å². The van der Waals surface area contributed by atoms with E-state index < -0.39 is 26.8 Å². The summed E-state index contributed by atoms with van der Waals surface area (Å²) in [5, 5.41) is 0. The summed E-state index contributed by atoms with van der Waals surface area (Å²) in [5.41, 5.74) is -1.30. The SMILES string of the molecule is [CH2]OS(=O)(=O)c1c(C)cccc1C(F)(F)F. The van der Waals surface area contributed by atoms with Crippen LogP contribution in [0.3, 0.4) is 0 Å². The van der Waals surface area contributed by atoms with Crippen molar-refractivity contribution < 1.29 is 25.8 Å². The van der Waals surface area contributed by atoms with Crippen LogP contribution < -0.4 is 0 Å². The molecule has 3 nitrogen and oxygen atoms in total. The van der Waals surface area contributed by atoms with E-state index in [1.807, 2.05) is 0 Å². The highest BCUT2D eigenvalue weighted by Gasteiger charge is 2.38. The van der Waals surface area contributed by atoms with Crippen LogP contribution in [0.25, 0.3) is 0 Å². The summed E-state index contributed by atoms with van der Waals surface area (Å²) in [6.07, 6.45) is -4.76. The van der Waals surface area contributed by atoms with Gasteiger partial charge in [-0.3, -0.25) is 4.18 Å². The molecule has 16 heavy (non-hydrogen) atoms. The van der Waals surface area contributed by atoms with Gasteiger partial charge in [-0.2, -0.15) is 21.6 Å². The number of rotatable bonds is 2.